The number of aromatic amines is 1. The van der Waals surface area contributed by atoms with E-state index in [4.69, 9.17) is 0 Å². The maximum atomic E-state index is 10.7. The van der Waals surface area contributed by atoms with Crippen LogP contribution in [0.1, 0.15) is 12.5 Å². The Morgan fingerprint density at radius 1 is 1.43 bits per heavy atom. The summed E-state index contributed by atoms with van der Waals surface area (Å²) in [5, 5.41) is 1.11. The molecule has 2 rings (SSSR count). The predicted octanol–water partition coefficient (Wildman–Crippen LogP) is 2.57. The van der Waals surface area contributed by atoms with Gasteiger partial charge in [-0.15, -0.1) is 0 Å². The van der Waals surface area contributed by atoms with Crippen molar-refractivity contribution in [3.63, 3.8) is 0 Å². The van der Waals surface area contributed by atoms with Gasteiger partial charge in [-0.25, -0.2) is 0 Å². The van der Waals surface area contributed by atoms with Gasteiger partial charge in [-0.05, 0) is 19.1 Å². The third kappa shape index (κ3) is 1.59. The molecular weight excluding hydrogens is 174 g/mol. The smallest absolute Gasteiger partial charge is 0.160 e. The summed E-state index contributed by atoms with van der Waals surface area (Å²) in [5.74, 6) is -0.0599. The fourth-order valence-corrected chi connectivity index (χ4v) is 1.39. The van der Waals surface area contributed by atoms with E-state index in [0.29, 0.717) is 0 Å². The summed E-state index contributed by atoms with van der Waals surface area (Å²) in [6.45, 7) is 1.49. The van der Waals surface area contributed by atoms with Crippen molar-refractivity contribution in [1.29, 1.82) is 0 Å². The molecule has 69 valence electrons. The maximum absolute atomic E-state index is 10.7. The molecule has 0 fully saturated rings. The van der Waals surface area contributed by atoms with E-state index in [-0.39, 0.29) is 5.78 Å². The zero-order chi connectivity index (χ0) is 9.97. The Hall–Kier alpha value is -1.83. The van der Waals surface area contributed by atoms with Crippen LogP contribution in [-0.2, 0) is 4.79 Å². The minimum Gasteiger partial charge on any atom is -0.361 e. The second kappa shape index (κ2) is 3.50. The lowest BCUT2D eigenvalue weighted by Crippen LogP contribution is -1.80. The predicted molar refractivity (Wildman–Crippen MR) is 56.7 cm³/mol. The van der Waals surface area contributed by atoms with Gasteiger partial charge in [0.05, 0.1) is 0 Å². The van der Waals surface area contributed by atoms with E-state index >= 15 is 0 Å². The van der Waals surface area contributed by atoms with Crippen LogP contribution in [0.2, 0.25) is 0 Å². The first kappa shape index (κ1) is 8.75. The molecule has 0 bridgehead atoms. The van der Waals surface area contributed by atoms with Crippen molar-refractivity contribution in [1.82, 2.24) is 4.98 Å². The molecule has 1 radical (unpaired) electrons. The number of Topliss-reactive ketones (excluding diaryl/α,β-unsaturated/α-hetero) is 1. The number of hydrogen-bond donors (Lipinski definition) is 1. The number of benzene rings is 1. The number of aromatic nitrogens is 1. The van der Waals surface area contributed by atoms with E-state index in [1.165, 1.54) is 6.92 Å². The Morgan fingerprint density at radius 3 is 3.00 bits per heavy atom. The lowest BCUT2D eigenvalue weighted by Gasteiger charge is -1.89. The molecule has 1 heterocycles. The lowest BCUT2D eigenvalue weighted by molar-refractivity contribution is -0.113. The Kier molecular flexibility index (Phi) is 2.19. The second-order valence-electron chi connectivity index (χ2n) is 3.13. The highest BCUT2D eigenvalue weighted by Crippen LogP contribution is 2.18. The van der Waals surface area contributed by atoms with Crippen molar-refractivity contribution in [2.75, 3.05) is 0 Å². The number of allylic oxidation sites excluding steroid dienone is 1. The van der Waals surface area contributed by atoms with Crippen LogP contribution in [0.3, 0.4) is 0 Å². The number of hydrogen-bond acceptors (Lipinski definition) is 1. The molecule has 0 spiro atoms. The van der Waals surface area contributed by atoms with Crippen LogP contribution in [-0.4, -0.2) is 10.8 Å². The molecule has 2 nitrogen and oxygen atoms in total. The van der Waals surface area contributed by atoms with Crippen LogP contribution < -0.4 is 0 Å². The minimum atomic E-state index is -0.0599. The summed E-state index contributed by atoms with van der Waals surface area (Å²) in [6, 6.07) is 7.96. The first-order chi connectivity index (χ1) is 6.77. The number of rotatable bonds is 2. The van der Waals surface area contributed by atoms with E-state index in [2.05, 4.69) is 11.1 Å². The number of carbonyl (C=O) groups excluding carboxylic acids is 1. The van der Waals surface area contributed by atoms with Crippen LogP contribution in [0, 0.1) is 6.08 Å². The van der Waals surface area contributed by atoms with Gasteiger partial charge in [0.1, 0.15) is 0 Å². The van der Waals surface area contributed by atoms with Crippen molar-refractivity contribution < 1.29 is 4.79 Å². The fourth-order valence-electron chi connectivity index (χ4n) is 1.39. The maximum Gasteiger partial charge on any atom is 0.160 e. The molecule has 2 aromatic rings. The van der Waals surface area contributed by atoms with Gasteiger partial charge < -0.3 is 4.98 Å². The van der Waals surface area contributed by atoms with E-state index in [0.717, 1.165) is 16.5 Å². The van der Waals surface area contributed by atoms with E-state index < -0.39 is 0 Å². The van der Waals surface area contributed by atoms with Crippen LogP contribution in [0.25, 0.3) is 17.0 Å². The highest BCUT2D eigenvalue weighted by molar-refractivity contribution is 5.93. The number of carbonyl (C=O) groups is 1. The van der Waals surface area contributed by atoms with Gasteiger partial charge in [-0.3, -0.25) is 4.79 Å². The molecule has 0 atom stereocenters. The van der Waals surface area contributed by atoms with Crippen LogP contribution in [0.4, 0.5) is 0 Å². The highest BCUT2D eigenvalue weighted by Gasteiger charge is 1.98. The van der Waals surface area contributed by atoms with E-state index in [1.54, 1.807) is 6.08 Å². The highest BCUT2D eigenvalue weighted by atomic mass is 16.1. The zero-order valence-corrected chi connectivity index (χ0v) is 7.87. The average molecular weight is 184 g/mol. The summed E-state index contributed by atoms with van der Waals surface area (Å²) in [7, 11) is 0. The molecule has 0 amide bonds. The number of ketones is 1. The molecule has 0 aliphatic rings. The van der Waals surface area contributed by atoms with Crippen molar-refractivity contribution in [3.05, 3.63) is 42.1 Å². The van der Waals surface area contributed by atoms with Gasteiger partial charge in [0.2, 0.25) is 0 Å². The quantitative estimate of drug-likeness (QED) is 0.715. The lowest BCUT2D eigenvalue weighted by atomic mass is 10.1. The van der Waals surface area contributed by atoms with Crippen LogP contribution in [0.5, 0.6) is 0 Å². The van der Waals surface area contributed by atoms with E-state index in [9.17, 15) is 4.79 Å². The molecule has 1 aromatic carbocycles. The monoisotopic (exact) mass is 184 g/mol. The Morgan fingerprint density at radius 2 is 2.21 bits per heavy atom. The van der Waals surface area contributed by atoms with Crippen LogP contribution in [0.15, 0.2) is 30.5 Å². The van der Waals surface area contributed by atoms with Crippen molar-refractivity contribution >= 4 is 22.8 Å². The molecule has 1 aromatic heterocycles. The molecule has 0 saturated carbocycles. The number of fused-ring (bicyclic) bond motifs is 1. The summed E-state index contributed by atoms with van der Waals surface area (Å²) >= 11 is 0. The largest absolute Gasteiger partial charge is 0.361 e. The van der Waals surface area contributed by atoms with Gasteiger partial charge in [0.15, 0.2) is 5.78 Å². The first-order valence-corrected chi connectivity index (χ1v) is 4.44. The van der Waals surface area contributed by atoms with Gasteiger partial charge in [-0.2, -0.15) is 0 Å². The molecule has 2 heteroatoms. The third-order valence-electron chi connectivity index (χ3n) is 2.05. The first-order valence-electron chi connectivity index (χ1n) is 4.44. The van der Waals surface area contributed by atoms with Crippen molar-refractivity contribution in [3.8, 4) is 0 Å². The summed E-state index contributed by atoms with van der Waals surface area (Å²) in [5.41, 5.74) is 2.07. The summed E-state index contributed by atoms with van der Waals surface area (Å²) in [4.78, 5) is 13.9. The van der Waals surface area contributed by atoms with Gasteiger partial charge >= 0.3 is 0 Å². The number of nitrogens with one attached hydrogen (secondary N) is 1. The molecule has 14 heavy (non-hydrogen) atoms. The SMILES string of the molecule is CC(=O)/[C]=C/c1c[nH]c2ccccc12. The third-order valence-corrected chi connectivity index (χ3v) is 2.05. The van der Waals surface area contributed by atoms with Crippen molar-refractivity contribution in [2.24, 2.45) is 0 Å². The summed E-state index contributed by atoms with van der Waals surface area (Å²) in [6.07, 6.45) is 6.24. The van der Waals surface area contributed by atoms with Gasteiger partial charge in [0.25, 0.3) is 0 Å². The Bertz CT molecular complexity index is 494. The summed E-state index contributed by atoms with van der Waals surface area (Å²) < 4.78 is 0. The molecule has 0 saturated heterocycles. The van der Waals surface area contributed by atoms with E-state index in [1.807, 2.05) is 30.5 Å². The van der Waals surface area contributed by atoms with Crippen LogP contribution >= 0.6 is 0 Å². The zero-order valence-electron chi connectivity index (χ0n) is 7.87. The Labute approximate surface area is 82.3 Å². The molecule has 0 aliphatic heterocycles. The minimum absolute atomic E-state index is 0.0599. The topological polar surface area (TPSA) is 32.9 Å². The van der Waals surface area contributed by atoms with Crippen molar-refractivity contribution in [2.45, 2.75) is 6.92 Å². The molecule has 0 aliphatic carbocycles. The number of H-pyrrole nitrogens is 1. The molecular formula is C12H10NO. The molecule has 0 unspecified atom stereocenters. The fraction of sp³-hybridized carbons (Fsp3) is 0.0833. The number of para-hydroxylation sites is 1. The standard InChI is InChI=1S/C12H10NO/c1-9(14)6-7-10-8-13-12-5-3-2-4-11(10)12/h2-5,7-8,13H,1H3. The normalized spacial score (nSPS) is 11.2. The average Bonchev–Trinajstić information content (AvgIpc) is 2.58. The molecule has 1 N–H and O–H groups in total. The van der Waals surface area contributed by atoms with Gasteiger partial charge in [0, 0.05) is 28.7 Å². The second-order valence-corrected chi connectivity index (χ2v) is 3.13. The Balaban J connectivity index is 2.48. The van der Waals surface area contributed by atoms with Gasteiger partial charge in [-0.1, -0.05) is 18.2 Å².